The Morgan fingerprint density at radius 3 is 2.57 bits per heavy atom. The maximum absolute atomic E-state index is 13.0. The van der Waals surface area contributed by atoms with E-state index in [0.29, 0.717) is 25.2 Å². The average Bonchev–Trinajstić information content (AvgIpc) is 3.14. The van der Waals surface area contributed by atoms with Crippen molar-refractivity contribution in [2.75, 3.05) is 6.54 Å². The van der Waals surface area contributed by atoms with Crippen LogP contribution >= 0.6 is 11.6 Å². The SMILES string of the molecule is C=CCN(Cc1cccn1Cc1cccc(Cl)c1)C(=O)c1ccc(CC)cc1. The number of carbonyl (C=O) groups excluding carboxylic acids is 1. The quantitative estimate of drug-likeness (QED) is 0.459. The second-order valence-electron chi connectivity index (χ2n) is 6.78. The standard InChI is InChI=1S/C24H25ClN2O/c1-3-14-27(24(28)21-12-10-19(4-2)11-13-21)18-23-9-6-15-26(23)17-20-7-5-8-22(25)16-20/h3,5-13,15-16H,1,4,14,17-18H2,2H3. The van der Waals surface area contributed by atoms with E-state index in [9.17, 15) is 4.79 Å². The number of halogens is 1. The smallest absolute Gasteiger partial charge is 0.254 e. The minimum absolute atomic E-state index is 0.0121. The Morgan fingerprint density at radius 2 is 1.89 bits per heavy atom. The Morgan fingerprint density at radius 1 is 1.11 bits per heavy atom. The molecule has 0 atom stereocenters. The number of hydrogen-bond donors (Lipinski definition) is 0. The summed E-state index contributed by atoms with van der Waals surface area (Å²) in [4.78, 5) is 14.8. The number of benzene rings is 2. The van der Waals surface area contributed by atoms with E-state index in [1.54, 1.807) is 6.08 Å². The highest BCUT2D eigenvalue weighted by atomic mass is 35.5. The predicted octanol–water partition coefficient (Wildman–Crippen LogP) is 5.58. The van der Waals surface area contributed by atoms with Gasteiger partial charge in [0, 0.05) is 35.6 Å². The molecular formula is C24H25ClN2O. The molecule has 0 unspecified atom stereocenters. The zero-order valence-electron chi connectivity index (χ0n) is 16.1. The van der Waals surface area contributed by atoms with Crippen LogP contribution < -0.4 is 0 Å². The highest BCUT2D eigenvalue weighted by Crippen LogP contribution is 2.16. The first kappa shape index (κ1) is 20.0. The molecule has 1 heterocycles. The number of amides is 1. The van der Waals surface area contributed by atoms with Crippen LogP contribution in [0.25, 0.3) is 0 Å². The normalized spacial score (nSPS) is 10.6. The van der Waals surface area contributed by atoms with Crippen LogP contribution in [0.1, 0.15) is 34.1 Å². The van der Waals surface area contributed by atoms with Gasteiger partial charge in [-0.2, -0.15) is 0 Å². The zero-order chi connectivity index (χ0) is 19.9. The van der Waals surface area contributed by atoms with Crippen molar-refractivity contribution in [3.05, 3.63) is 107 Å². The third-order valence-corrected chi connectivity index (χ3v) is 5.00. The van der Waals surface area contributed by atoms with E-state index >= 15 is 0 Å². The molecule has 28 heavy (non-hydrogen) atoms. The Hall–Kier alpha value is -2.78. The molecule has 0 saturated carbocycles. The lowest BCUT2D eigenvalue weighted by Gasteiger charge is -2.22. The summed E-state index contributed by atoms with van der Waals surface area (Å²) >= 11 is 6.11. The Labute approximate surface area is 171 Å². The van der Waals surface area contributed by atoms with Crippen molar-refractivity contribution in [1.82, 2.24) is 9.47 Å². The van der Waals surface area contributed by atoms with Gasteiger partial charge < -0.3 is 9.47 Å². The summed E-state index contributed by atoms with van der Waals surface area (Å²) in [7, 11) is 0. The largest absolute Gasteiger partial charge is 0.345 e. The molecule has 0 spiro atoms. The van der Waals surface area contributed by atoms with Crippen molar-refractivity contribution < 1.29 is 4.79 Å². The van der Waals surface area contributed by atoms with Gasteiger partial charge in [-0.3, -0.25) is 4.79 Å². The minimum atomic E-state index is 0.0121. The Kier molecular flexibility index (Phi) is 6.72. The maximum atomic E-state index is 13.0. The van der Waals surface area contributed by atoms with E-state index in [1.165, 1.54) is 5.56 Å². The molecule has 0 aliphatic rings. The van der Waals surface area contributed by atoms with Gasteiger partial charge in [-0.25, -0.2) is 0 Å². The van der Waals surface area contributed by atoms with E-state index in [2.05, 4.69) is 24.1 Å². The van der Waals surface area contributed by atoms with Crippen LogP contribution in [0.4, 0.5) is 0 Å². The van der Waals surface area contributed by atoms with E-state index < -0.39 is 0 Å². The van der Waals surface area contributed by atoms with E-state index in [-0.39, 0.29) is 5.91 Å². The minimum Gasteiger partial charge on any atom is -0.345 e. The predicted molar refractivity (Wildman–Crippen MR) is 116 cm³/mol. The van der Waals surface area contributed by atoms with Gasteiger partial charge in [0.25, 0.3) is 5.91 Å². The van der Waals surface area contributed by atoms with Gasteiger partial charge in [0.1, 0.15) is 0 Å². The van der Waals surface area contributed by atoms with Crippen LogP contribution in [0.15, 0.2) is 79.5 Å². The van der Waals surface area contributed by atoms with Crippen molar-refractivity contribution in [1.29, 1.82) is 0 Å². The fourth-order valence-corrected chi connectivity index (χ4v) is 3.43. The molecule has 0 N–H and O–H groups in total. The molecule has 4 heteroatoms. The summed E-state index contributed by atoms with van der Waals surface area (Å²) in [5.41, 5.74) is 4.12. The second-order valence-corrected chi connectivity index (χ2v) is 7.22. The molecule has 3 nitrogen and oxygen atoms in total. The summed E-state index contributed by atoms with van der Waals surface area (Å²) in [6.07, 6.45) is 4.76. The van der Waals surface area contributed by atoms with Gasteiger partial charge in [-0.15, -0.1) is 6.58 Å². The van der Waals surface area contributed by atoms with Gasteiger partial charge in [-0.05, 0) is 53.9 Å². The van der Waals surface area contributed by atoms with Crippen molar-refractivity contribution in [3.8, 4) is 0 Å². The molecule has 0 saturated heterocycles. The molecule has 1 aromatic heterocycles. The molecule has 0 fully saturated rings. The van der Waals surface area contributed by atoms with Crippen molar-refractivity contribution in [2.45, 2.75) is 26.4 Å². The fourth-order valence-electron chi connectivity index (χ4n) is 3.22. The molecule has 3 aromatic rings. The van der Waals surface area contributed by atoms with Gasteiger partial charge in [0.2, 0.25) is 0 Å². The van der Waals surface area contributed by atoms with Gasteiger partial charge in [0.15, 0.2) is 0 Å². The first-order valence-corrected chi connectivity index (χ1v) is 9.86. The Balaban J connectivity index is 1.78. The molecule has 3 rings (SSSR count). The van der Waals surface area contributed by atoms with Crippen LogP contribution in [-0.2, 0) is 19.5 Å². The third-order valence-electron chi connectivity index (χ3n) is 4.76. The van der Waals surface area contributed by atoms with Crippen molar-refractivity contribution >= 4 is 17.5 Å². The molecule has 0 bridgehead atoms. The average molecular weight is 393 g/mol. The number of aromatic nitrogens is 1. The topological polar surface area (TPSA) is 25.2 Å². The number of nitrogens with zero attached hydrogens (tertiary/aromatic N) is 2. The molecule has 0 radical (unpaired) electrons. The van der Waals surface area contributed by atoms with E-state index in [4.69, 9.17) is 11.6 Å². The van der Waals surface area contributed by atoms with Gasteiger partial charge in [0.05, 0.1) is 6.54 Å². The lowest BCUT2D eigenvalue weighted by atomic mass is 10.1. The molecular weight excluding hydrogens is 368 g/mol. The summed E-state index contributed by atoms with van der Waals surface area (Å²) < 4.78 is 2.15. The van der Waals surface area contributed by atoms with Crippen LogP contribution in [0.3, 0.4) is 0 Å². The molecule has 2 aromatic carbocycles. The number of aryl methyl sites for hydroxylation is 1. The van der Waals surface area contributed by atoms with E-state index in [0.717, 1.165) is 22.7 Å². The highest BCUT2D eigenvalue weighted by molar-refractivity contribution is 6.30. The van der Waals surface area contributed by atoms with Crippen LogP contribution in [0, 0.1) is 0 Å². The lowest BCUT2D eigenvalue weighted by Crippen LogP contribution is -2.31. The monoisotopic (exact) mass is 392 g/mol. The fraction of sp³-hybridized carbons (Fsp3) is 0.208. The van der Waals surface area contributed by atoms with E-state index in [1.807, 2.05) is 65.7 Å². The first-order valence-electron chi connectivity index (χ1n) is 9.48. The molecule has 0 aliphatic carbocycles. The van der Waals surface area contributed by atoms with Crippen LogP contribution in [-0.4, -0.2) is 21.9 Å². The highest BCUT2D eigenvalue weighted by Gasteiger charge is 2.16. The zero-order valence-corrected chi connectivity index (χ0v) is 16.9. The summed E-state index contributed by atoms with van der Waals surface area (Å²) in [5.74, 6) is 0.0121. The van der Waals surface area contributed by atoms with Crippen LogP contribution in [0.2, 0.25) is 5.02 Å². The van der Waals surface area contributed by atoms with Crippen molar-refractivity contribution in [2.24, 2.45) is 0 Å². The van der Waals surface area contributed by atoms with Gasteiger partial charge >= 0.3 is 0 Å². The summed E-state index contributed by atoms with van der Waals surface area (Å²) in [5, 5.41) is 0.727. The second kappa shape index (κ2) is 9.43. The Bertz CT molecular complexity index is 943. The van der Waals surface area contributed by atoms with Crippen molar-refractivity contribution in [3.63, 3.8) is 0 Å². The summed E-state index contributed by atoms with van der Waals surface area (Å²) in [6.45, 7) is 7.65. The third kappa shape index (κ3) is 4.93. The number of carbonyl (C=O) groups is 1. The van der Waals surface area contributed by atoms with Crippen LogP contribution in [0.5, 0.6) is 0 Å². The first-order chi connectivity index (χ1) is 13.6. The number of hydrogen-bond acceptors (Lipinski definition) is 1. The summed E-state index contributed by atoms with van der Waals surface area (Å²) in [6, 6.07) is 19.7. The maximum Gasteiger partial charge on any atom is 0.254 e. The molecule has 1 amide bonds. The number of rotatable bonds is 8. The van der Waals surface area contributed by atoms with Gasteiger partial charge in [-0.1, -0.05) is 48.9 Å². The molecule has 144 valence electrons. The lowest BCUT2D eigenvalue weighted by molar-refractivity contribution is 0.0759. The molecule has 0 aliphatic heterocycles.